The normalized spacial score (nSPS) is 19.8. The molecule has 1 saturated heterocycles. The van der Waals surface area contributed by atoms with Crippen molar-refractivity contribution in [3.8, 4) is 0 Å². The molecule has 1 unspecified atom stereocenters. The van der Waals surface area contributed by atoms with Crippen molar-refractivity contribution in [1.29, 1.82) is 0 Å². The monoisotopic (exact) mass is 312 g/mol. The largest absolute Gasteiger partial charge is 0.480 e. The van der Waals surface area contributed by atoms with Gasteiger partial charge < -0.3 is 10.0 Å². The second-order valence-corrected chi connectivity index (χ2v) is 8.81. The van der Waals surface area contributed by atoms with Crippen LogP contribution in [0.5, 0.6) is 0 Å². The van der Waals surface area contributed by atoms with E-state index in [2.05, 4.69) is 4.98 Å². The van der Waals surface area contributed by atoms with Gasteiger partial charge in [-0.1, -0.05) is 0 Å². The van der Waals surface area contributed by atoms with Gasteiger partial charge in [-0.2, -0.15) is 0 Å². The highest BCUT2D eigenvalue weighted by molar-refractivity contribution is 7.92. The summed E-state index contributed by atoms with van der Waals surface area (Å²) in [5, 5.41) is 9.20. The predicted octanol–water partition coefficient (Wildman–Crippen LogP) is 1.71. The molecule has 7 heteroatoms. The van der Waals surface area contributed by atoms with Crippen LogP contribution >= 0.6 is 0 Å². The molecular weight excluding hydrogens is 292 g/mol. The number of carboxylic acid groups (broad SMARTS) is 1. The van der Waals surface area contributed by atoms with Crippen LogP contribution in [0.15, 0.2) is 23.4 Å². The Labute approximate surface area is 124 Å². The van der Waals surface area contributed by atoms with Crippen LogP contribution in [0.3, 0.4) is 0 Å². The first kappa shape index (κ1) is 15.8. The van der Waals surface area contributed by atoms with Crippen LogP contribution in [0.4, 0.5) is 5.69 Å². The molecule has 0 aromatic carbocycles. The average Bonchev–Trinajstić information content (AvgIpc) is 2.86. The average molecular weight is 312 g/mol. The maximum Gasteiger partial charge on any atom is 0.326 e. The lowest BCUT2D eigenvalue weighted by molar-refractivity contribution is -0.138. The molecule has 1 aliphatic rings. The van der Waals surface area contributed by atoms with Gasteiger partial charge >= 0.3 is 5.97 Å². The Balaban J connectivity index is 2.30. The fourth-order valence-corrected chi connectivity index (χ4v) is 3.41. The number of aromatic nitrogens is 1. The molecule has 2 heterocycles. The molecule has 0 spiro atoms. The van der Waals surface area contributed by atoms with E-state index in [-0.39, 0.29) is 5.03 Å². The number of sulfone groups is 1. The van der Waals surface area contributed by atoms with Gasteiger partial charge in [0.15, 0.2) is 14.9 Å². The molecular formula is C14H20N2O4S. The standard InChI is InChI=1S/C14H20N2O4S/c1-14(2,3)21(19,20)12-7-6-10(9-15-12)16-8-4-5-11(16)13(17)18/h6-7,9,11H,4-5,8H2,1-3H3,(H,17,18). The van der Waals surface area contributed by atoms with E-state index in [1.54, 1.807) is 31.7 Å². The quantitative estimate of drug-likeness (QED) is 0.914. The fraction of sp³-hybridized carbons (Fsp3) is 0.571. The number of nitrogens with zero attached hydrogens (tertiary/aromatic N) is 2. The Kier molecular flexibility index (Phi) is 3.97. The van der Waals surface area contributed by atoms with Gasteiger partial charge in [0.05, 0.1) is 16.6 Å². The van der Waals surface area contributed by atoms with Gasteiger partial charge in [0.25, 0.3) is 0 Å². The van der Waals surface area contributed by atoms with E-state index in [0.717, 1.165) is 6.42 Å². The van der Waals surface area contributed by atoms with Crippen molar-refractivity contribution in [2.45, 2.75) is 49.4 Å². The molecule has 21 heavy (non-hydrogen) atoms. The van der Waals surface area contributed by atoms with E-state index < -0.39 is 26.6 Å². The summed E-state index contributed by atoms with van der Waals surface area (Å²) in [5.41, 5.74) is 0.646. The molecule has 1 aromatic heterocycles. The summed E-state index contributed by atoms with van der Waals surface area (Å²) in [6, 6.07) is 2.52. The number of aliphatic carboxylic acids is 1. The van der Waals surface area contributed by atoms with Crippen LogP contribution in [0.1, 0.15) is 33.6 Å². The van der Waals surface area contributed by atoms with E-state index >= 15 is 0 Å². The van der Waals surface area contributed by atoms with Crippen molar-refractivity contribution < 1.29 is 18.3 Å². The summed E-state index contributed by atoms with van der Waals surface area (Å²) in [5.74, 6) is -0.862. The predicted molar refractivity (Wildman–Crippen MR) is 79.2 cm³/mol. The Hall–Kier alpha value is -1.63. The number of carbonyl (C=O) groups is 1. The first-order valence-corrected chi connectivity index (χ1v) is 8.33. The van der Waals surface area contributed by atoms with Gasteiger partial charge in [-0.3, -0.25) is 0 Å². The van der Waals surface area contributed by atoms with Crippen LogP contribution in [-0.4, -0.2) is 41.8 Å². The highest BCUT2D eigenvalue weighted by Crippen LogP contribution is 2.28. The minimum absolute atomic E-state index is 0.0184. The summed E-state index contributed by atoms with van der Waals surface area (Å²) >= 11 is 0. The zero-order valence-electron chi connectivity index (χ0n) is 12.4. The van der Waals surface area contributed by atoms with Crippen molar-refractivity contribution in [3.05, 3.63) is 18.3 Å². The molecule has 0 bridgehead atoms. The van der Waals surface area contributed by atoms with Crippen LogP contribution in [0.25, 0.3) is 0 Å². The Morgan fingerprint density at radius 2 is 2.05 bits per heavy atom. The minimum Gasteiger partial charge on any atom is -0.480 e. The maximum absolute atomic E-state index is 12.3. The number of rotatable bonds is 3. The van der Waals surface area contributed by atoms with Gasteiger partial charge in [0, 0.05) is 6.54 Å². The molecule has 6 nitrogen and oxygen atoms in total. The smallest absolute Gasteiger partial charge is 0.326 e. The zero-order chi connectivity index (χ0) is 15.8. The van der Waals surface area contributed by atoms with E-state index in [0.29, 0.717) is 18.7 Å². The van der Waals surface area contributed by atoms with Crippen LogP contribution in [0, 0.1) is 0 Å². The van der Waals surface area contributed by atoms with Crippen molar-refractivity contribution in [2.24, 2.45) is 0 Å². The lowest BCUT2D eigenvalue weighted by Gasteiger charge is -2.24. The number of pyridine rings is 1. The molecule has 1 atom stereocenters. The van der Waals surface area contributed by atoms with Gasteiger partial charge in [0.2, 0.25) is 0 Å². The van der Waals surface area contributed by atoms with E-state index in [9.17, 15) is 18.3 Å². The Morgan fingerprint density at radius 3 is 2.52 bits per heavy atom. The van der Waals surface area contributed by atoms with E-state index in [1.165, 1.54) is 12.3 Å². The summed E-state index contributed by atoms with van der Waals surface area (Å²) in [6.07, 6.45) is 2.84. The van der Waals surface area contributed by atoms with Crippen molar-refractivity contribution >= 4 is 21.5 Å². The van der Waals surface area contributed by atoms with Crippen LogP contribution in [-0.2, 0) is 14.6 Å². The fourth-order valence-electron chi connectivity index (χ4n) is 2.35. The molecule has 0 amide bonds. The summed E-state index contributed by atoms with van der Waals surface area (Å²) < 4.78 is 23.7. The molecule has 0 radical (unpaired) electrons. The second kappa shape index (κ2) is 5.29. The number of hydrogen-bond acceptors (Lipinski definition) is 5. The number of carboxylic acids is 1. The first-order chi connectivity index (χ1) is 9.64. The summed E-state index contributed by atoms with van der Waals surface area (Å²) in [4.78, 5) is 17.0. The Morgan fingerprint density at radius 1 is 1.38 bits per heavy atom. The molecule has 0 saturated carbocycles. The van der Waals surface area contributed by atoms with Crippen LogP contribution in [0.2, 0.25) is 0 Å². The number of hydrogen-bond donors (Lipinski definition) is 1. The molecule has 0 aliphatic carbocycles. The molecule has 1 fully saturated rings. The lowest BCUT2D eigenvalue weighted by Crippen LogP contribution is -2.36. The molecule has 1 aliphatic heterocycles. The zero-order valence-corrected chi connectivity index (χ0v) is 13.2. The maximum atomic E-state index is 12.3. The third-order valence-corrected chi connectivity index (χ3v) is 6.08. The van der Waals surface area contributed by atoms with Gasteiger partial charge in [-0.25, -0.2) is 18.2 Å². The second-order valence-electron chi connectivity index (χ2n) is 6.16. The van der Waals surface area contributed by atoms with Crippen molar-refractivity contribution in [3.63, 3.8) is 0 Å². The van der Waals surface area contributed by atoms with Gasteiger partial charge in [0.1, 0.15) is 6.04 Å². The SMILES string of the molecule is CC(C)(C)S(=O)(=O)c1ccc(N2CCCC2C(=O)O)cn1. The van der Waals surface area contributed by atoms with E-state index in [4.69, 9.17) is 0 Å². The first-order valence-electron chi connectivity index (χ1n) is 6.85. The molecule has 2 rings (SSSR count). The molecule has 1 aromatic rings. The topological polar surface area (TPSA) is 87.6 Å². The molecule has 1 N–H and O–H groups in total. The highest BCUT2D eigenvalue weighted by atomic mass is 32.2. The van der Waals surface area contributed by atoms with Crippen LogP contribution < -0.4 is 4.90 Å². The Bertz CT molecular complexity index is 632. The summed E-state index contributed by atoms with van der Waals surface area (Å²) in [6.45, 7) is 5.51. The third-order valence-electron chi connectivity index (χ3n) is 3.67. The van der Waals surface area contributed by atoms with Gasteiger partial charge in [-0.05, 0) is 45.7 Å². The third kappa shape index (κ3) is 2.88. The highest BCUT2D eigenvalue weighted by Gasteiger charge is 2.33. The van der Waals surface area contributed by atoms with Crippen molar-refractivity contribution in [2.75, 3.05) is 11.4 Å². The molecule has 116 valence electrons. The van der Waals surface area contributed by atoms with Crippen molar-refractivity contribution in [1.82, 2.24) is 4.98 Å². The van der Waals surface area contributed by atoms with E-state index in [1.807, 2.05) is 0 Å². The number of anilines is 1. The summed E-state index contributed by atoms with van der Waals surface area (Å²) in [7, 11) is -3.49. The van der Waals surface area contributed by atoms with Gasteiger partial charge in [-0.15, -0.1) is 0 Å². The lowest BCUT2D eigenvalue weighted by atomic mass is 10.2. The minimum atomic E-state index is -3.49.